The molecule has 0 saturated carbocycles. The Balaban J connectivity index is 1.70. The maximum Gasteiger partial charge on any atom is 0.248 e. The first-order valence-corrected chi connectivity index (χ1v) is 12.3. The molecule has 1 unspecified atom stereocenters. The number of unbranched alkanes of at least 4 members (excludes halogenated alkanes) is 1. The maximum absolute atomic E-state index is 12.8. The van der Waals surface area contributed by atoms with Crippen LogP contribution < -0.4 is 16.0 Å². The lowest BCUT2D eigenvalue weighted by Gasteiger charge is -2.16. The molecule has 1 atom stereocenters. The number of amides is 2. The van der Waals surface area contributed by atoms with E-state index in [4.69, 9.17) is 0 Å². The van der Waals surface area contributed by atoms with E-state index in [0.717, 1.165) is 34.4 Å². The molecule has 180 valence electrons. The van der Waals surface area contributed by atoms with Gasteiger partial charge < -0.3 is 16.0 Å². The van der Waals surface area contributed by atoms with E-state index in [1.807, 2.05) is 26.8 Å². The minimum absolute atomic E-state index is 0.0226. The average molecular weight is 481 g/mol. The Kier molecular flexibility index (Phi) is 8.39. The molecule has 34 heavy (non-hydrogen) atoms. The summed E-state index contributed by atoms with van der Waals surface area (Å²) in [4.78, 5) is 41.5. The van der Waals surface area contributed by atoms with Crippen LogP contribution in [-0.2, 0) is 9.59 Å². The van der Waals surface area contributed by atoms with Crippen LogP contribution in [0.3, 0.4) is 0 Å². The molecule has 0 aliphatic heterocycles. The summed E-state index contributed by atoms with van der Waals surface area (Å²) in [6.45, 7) is 9.75. The number of benzene rings is 2. The Bertz CT molecular complexity index is 1190. The van der Waals surface area contributed by atoms with Crippen molar-refractivity contribution in [3.05, 3.63) is 52.6 Å². The highest BCUT2D eigenvalue weighted by Gasteiger charge is 2.20. The van der Waals surface area contributed by atoms with Crippen molar-refractivity contribution in [2.45, 2.75) is 59.9 Å². The van der Waals surface area contributed by atoms with Crippen LogP contribution in [0.25, 0.3) is 10.2 Å². The third kappa shape index (κ3) is 6.41. The number of ketones is 1. The molecule has 3 rings (SSSR count). The third-order valence-corrected chi connectivity index (χ3v) is 6.52. The molecule has 3 aromatic rings. The first-order chi connectivity index (χ1) is 16.2. The molecule has 0 spiro atoms. The van der Waals surface area contributed by atoms with Gasteiger partial charge in [-0.25, -0.2) is 4.98 Å². The second-order valence-corrected chi connectivity index (χ2v) is 9.67. The Morgan fingerprint density at radius 1 is 1.06 bits per heavy atom. The Labute approximate surface area is 204 Å². The summed E-state index contributed by atoms with van der Waals surface area (Å²) in [7, 11) is 0. The van der Waals surface area contributed by atoms with Crippen molar-refractivity contribution < 1.29 is 14.4 Å². The second kappa shape index (κ2) is 11.2. The number of hydrogen-bond acceptors (Lipinski definition) is 6. The van der Waals surface area contributed by atoms with Gasteiger partial charge in [0.05, 0.1) is 16.8 Å². The summed E-state index contributed by atoms with van der Waals surface area (Å²) in [5, 5.41) is 9.24. The summed E-state index contributed by atoms with van der Waals surface area (Å²) >= 11 is 1.31. The zero-order chi connectivity index (χ0) is 24.8. The van der Waals surface area contributed by atoms with E-state index in [-0.39, 0.29) is 24.1 Å². The number of aromatic nitrogens is 1. The van der Waals surface area contributed by atoms with Gasteiger partial charge in [0.1, 0.15) is 6.04 Å². The molecule has 8 heteroatoms. The lowest BCUT2D eigenvalue weighted by atomic mass is 10.0. The SMILES string of the molecule is CCCCC(NC(C)=O)C(=O)Nc1nc2ccc(C(=O)CNc3c(C)cc(C)cc3C)cc2s1. The topological polar surface area (TPSA) is 100 Å². The van der Waals surface area contributed by atoms with Crippen molar-refractivity contribution in [2.75, 3.05) is 17.2 Å². The molecule has 0 aliphatic carbocycles. The molecule has 2 aromatic carbocycles. The number of rotatable bonds is 10. The van der Waals surface area contributed by atoms with Crippen LogP contribution in [0.1, 0.15) is 60.2 Å². The lowest BCUT2D eigenvalue weighted by molar-refractivity contribution is -0.125. The quantitative estimate of drug-likeness (QED) is 0.349. The van der Waals surface area contributed by atoms with Crippen LogP contribution in [0.2, 0.25) is 0 Å². The predicted octanol–water partition coefficient (Wildman–Crippen LogP) is 5.15. The summed E-state index contributed by atoms with van der Waals surface area (Å²) in [5.74, 6) is -0.550. The molecular weight excluding hydrogens is 448 g/mol. The van der Waals surface area contributed by atoms with Crippen LogP contribution in [0.15, 0.2) is 30.3 Å². The molecule has 1 aromatic heterocycles. The fraction of sp³-hybridized carbons (Fsp3) is 0.385. The smallest absolute Gasteiger partial charge is 0.248 e. The van der Waals surface area contributed by atoms with Gasteiger partial charge in [0, 0.05) is 18.2 Å². The van der Waals surface area contributed by atoms with Crippen molar-refractivity contribution >= 4 is 50.0 Å². The van der Waals surface area contributed by atoms with Crippen molar-refractivity contribution in [2.24, 2.45) is 0 Å². The van der Waals surface area contributed by atoms with E-state index in [2.05, 4.69) is 40.0 Å². The lowest BCUT2D eigenvalue weighted by Crippen LogP contribution is -2.42. The maximum atomic E-state index is 12.8. The van der Waals surface area contributed by atoms with Gasteiger partial charge >= 0.3 is 0 Å². The molecule has 0 saturated heterocycles. The molecule has 0 aliphatic rings. The fourth-order valence-electron chi connectivity index (χ4n) is 4.00. The van der Waals surface area contributed by atoms with E-state index < -0.39 is 6.04 Å². The number of anilines is 2. The molecule has 0 radical (unpaired) electrons. The highest BCUT2D eigenvalue weighted by Crippen LogP contribution is 2.28. The number of hydrogen-bond donors (Lipinski definition) is 3. The normalized spacial score (nSPS) is 11.8. The zero-order valence-electron chi connectivity index (χ0n) is 20.4. The number of carbonyl (C=O) groups is 3. The van der Waals surface area contributed by atoms with E-state index in [1.54, 1.807) is 12.1 Å². The second-order valence-electron chi connectivity index (χ2n) is 8.64. The fourth-order valence-corrected chi connectivity index (χ4v) is 4.90. The Morgan fingerprint density at radius 2 is 1.76 bits per heavy atom. The number of Topliss-reactive ketones (excluding diaryl/α,β-unsaturated/α-hetero) is 1. The van der Waals surface area contributed by atoms with Gasteiger partial charge in [0.2, 0.25) is 11.8 Å². The Hall–Kier alpha value is -3.26. The number of aryl methyl sites for hydroxylation is 3. The molecule has 1 heterocycles. The molecule has 7 nitrogen and oxygen atoms in total. The van der Waals surface area contributed by atoms with Crippen molar-refractivity contribution in [1.82, 2.24) is 10.3 Å². The summed E-state index contributed by atoms with van der Waals surface area (Å²) < 4.78 is 0.813. The van der Waals surface area contributed by atoms with Crippen LogP contribution in [0.5, 0.6) is 0 Å². The monoisotopic (exact) mass is 480 g/mol. The van der Waals surface area contributed by atoms with Gasteiger partial charge in [-0.1, -0.05) is 48.8 Å². The first kappa shape index (κ1) is 25.4. The predicted molar refractivity (Wildman–Crippen MR) is 139 cm³/mol. The third-order valence-electron chi connectivity index (χ3n) is 5.58. The molecule has 3 N–H and O–H groups in total. The van der Waals surface area contributed by atoms with E-state index in [1.165, 1.54) is 23.8 Å². The van der Waals surface area contributed by atoms with E-state index in [9.17, 15) is 14.4 Å². The number of nitrogens with one attached hydrogen (secondary N) is 3. The van der Waals surface area contributed by atoms with E-state index in [0.29, 0.717) is 22.6 Å². The van der Waals surface area contributed by atoms with Gasteiger partial charge in [-0.2, -0.15) is 0 Å². The van der Waals surface area contributed by atoms with Crippen LogP contribution in [-0.4, -0.2) is 35.2 Å². The van der Waals surface area contributed by atoms with Gasteiger partial charge in [-0.3, -0.25) is 14.4 Å². The van der Waals surface area contributed by atoms with Crippen molar-refractivity contribution in [3.63, 3.8) is 0 Å². The minimum atomic E-state index is -0.596. The van der Waals surface area contributed by atoms with E-state index >= 15 is 0 Å². The highest BCUT2D eigenvalue weighted by atomic mass is 32.1. The van der Waals surface area contributed by atoms with Crippen LogP contribution >= 0.6 is 11.3 Å². The van der Waals surface area contributed by atoms with Gasteiger partial charge in [-0.05, 0) is 56.5 Å². The largest absolute Gasteiger partial charge is 0.377 e. The number of fused-ring (bicyclic) bond motifs is 1. The molecule has 0 bridgehead atoms. The van der Waals surface area contributed by atoms with Gasteiger partial charge in [-0.15, -0.1) is 0 Å². The van der Waals surface area contributed by atoms with Crippen LogP contribution in [0, 0.1) is 20.8 Å². The van der Waals surface area contributed by atoms with Gasteiger partial charge in [0.25, 0.3) is 0 Å². The number of nitrogens with zero attached hydrogens (tertiary/aromatic N) is 1. The first-order valence-electron chi connectivity index (χ1n) is 11.5. The zero-order valence-corrected chi connectivity index (χ0v) is 21.2. The van der Waals surface area contributed by atoms with Gasteiger partial charge in [0.15, 0.2) is 10.9 Å². The summed E-state index contributed by atoms with van der Waals surface area (Å²) in [6, 6.07) is 8.95. The molecule has 2 amide bonds. The standard InChI is InChI=1S/C26H32N4O3S/c1-6-7-8-21(28-18(5)31)25(33)30-26-29-20-10-9-19(13-23(20)34-26)22(32)14-27-24-16(3)11-15(2)12-17(24)4/h9-13,21,27H,6-8,14H2,1-5H3,(H,28,31)(H,29,30,33). The summed E-state index contributed by atoms with van der Waals surface area (Å²) in [6.07, 6.45) is 2.33. The molecular formula is C26H32N4O3S. The van der Waals surface area contributed by atoms with Crippen molar-refractivity contribution in [1.29, 1.82) is 0 Å². The molecule has 0 fully saturated rings. The number of thiazole rings is 1. The number of carbonyl (C=O) groups excluding carboxylic acids is 3. The van der Waals surface area contributed by atoms with Crippen molar-refractivity contribution in [3.8, 4) is 0 Å². The Morgan fingerprint density at radius 3 is 2.41 bits per heavy atom. The average Bonchev–Trinajstić information content (AvgIpc) is 3.16. The van der Waals surface area contributed by atoms with Crippen LogP contribution in [0.4, 0.5) is 10.8 Å². The highest BCUT2D eigenvalue weighted by molar-refractivity contribution is 7.22. The minimum Gasteiger partial charge on any atom is -0.377 e. The summed E-state index contributed by atoms with van der Waals surface area (Å²) in [5.41, 5.74) is 5.70.